The quantitative estimate of drug-likeness (QED) is 0.678. The zero-order chi connectivity index (χ0) is 9.35. The van der Waals surface area contributed by atoms with Crippen molar-refractivity contribution in [3.63, 3.8) is 0 Å². The minimum atomic E-state index is -3.22. The van der Waals surface area contributed by atoms with Crippen LogP contribution in [0.5, 0.6) is 0 Å². The van der Waals surface area contributed by atoms with Crippen LogP contribution in [0.2, 0.25) is 0 Å². The Balaban J connectivity index is 0.00000144. The van der Waals surface area contributed by atoms with Crippen molar-refractivity contribution in [3.05, 3.63) is 0 Å². The van der Waals surface area contributed by atoms with Crippen molar-refractivity contribution in [2.24, 2.45) is 5.73 Å². The molecule has 0 aromatic rings. The van der Waals surface area contributed by atoms with Gasteiger partial charge in [-0.3, -0.25) is 0 Å². The van der Waals surface area contributed by atoms with Crippen molar-refractivity contribution in [2.75, 3.05) is 27.2 Å². The first kappa shape index (κ1) is 13.1. The van der Waals surface area contributed by atoms with Gasteiger partial charge in [0, 0.05) is 33.2 Å². The van der Waals surface area contributed by atoms with Gasteiger partial charge in [-0.25, -0.2) is 0 Å². The average Bonchev–Trinajstić information content (AvgIpc) is 2.35. The summed E-state index contributed by atoms with van der Waals surface area (Å²) in [5.41, 5.74) is 5.60. The van der Waals surface area contributed by atoms with Gasteiger partial charge in [-0.05, 0) is 6.42 Å². The van der Waals surface area contributed by atoms with Crippen LogP contribution >= 0.6 is 12.4 Å². The van der Waals surface area contributed by atoms with E-state index in [9.17, 15) is 8.42 Å². The minimum Gasteiger partial charge on any atom is -0.326 e. The van der Waals surface area contributed by atoms with E-state index < -0.39 is 10.2 Å². The van der Waals surface area contributed by atoms with E-state index in [4.69, 9.17) is 5.73 Å². The van der Waals surface area contributed by atoms with Crippen molar-refractivity contribution in [1.29, 1.82) is 0 Å². The Morgan fingerprint density at radius 3 is 2.31 bits per heavy atom. The molecule has 1 aliphatic heterocycles. The predicted octanol–water partition coefficient (Wildman–Crippen LogP) is -0.752. The second-order valence-corrected chi connectivity index (χ2v) is 5.34. The van der Waals surface area contributed by atoms with Crippen LogP contribution in [0, 0.1) is 0 Å². The van der Waals surface area contributed by atoms with Crippen LogP contribution in [0.3, 0.4) is 0 Å². The second-order valence-electron chi connectivity index (χ2n) is 3.20. The van der Waals surface area contributed by atoms with Gasteiger partial charge in [-0.1, -0.05) is 0 Å². The van der Waals surface area contributed by atoms with E-state index >= 15 is 0 Å². The summed E-state index contributed by atoms with van der Waals surface area (Å²) >= 11 is 0. The number of nitrogens with two attached hydrogens (primary N) is 1. The minimum absolute atomic E-state index is 0. The third-order valence-electron chi connectivity index (χ3n) is 1.98. The summed E-state index contributed by atoms with van der Waals surface area (Å²) in [5.74, 6) is 0. The molecule has 0 radical (unpaired) electrons. The van der Waals surface area contributed by atoms with E-state index in [0.29, 0.717) is 13.1 Å². The van der Waals surface area contributed by atoms with Gasteiger partial charge in [0.1, 0.15) is 0 Å². The first-order valence-corrected chi connectivity index (χ1v) is 5.27. The Bertz CT molecular complexity index is 255. The fourth-order valence-electron chi connectivity index (χ4n) is 1.19. The van der Waals surface area contributed by atoms with Gasteiger partial charge in [0.15, 0.2) is 0 Å². The Kier molecular flexibility index (Phi) is 4.61. The SMILES string of the molecule is CN(C)S(=O)(=O)N1CC[C@@H](N)C1.Cl. The maximum atomic E-state index is 11.5. The monoisotopic (exact) mass is 229 g/mol. The molecule has 7 heteroatoms. The average molecular weight is 230 g/mol. The van der Waals surface area contributed by atoms with Gasteiger partial charge in [0.25, 0.3) is 10.2 Å². The van der Waals surface area contributed by atoms with Crippen LogP contribution in [0.1, 0.15) is 6.42 Å². The molecule has 1 atom stereocenters. The highest BCUT2D eigenvalue weighted by Crippen LogP contribution is 2.13. The molecular formula is C6H16ClN3O2S. The molecule has 0 aromatic heterocycles. The Morgan fingerprint density at radius 1 is 1.46 bits per heavy atom. The van der Waals surface area contributed by atoms with Crippen molar-refractivity contribution in [1.82, 2.24) is 8.61 Å². The highest BCUT2D eigenvalue weighted by atomic mass is 35.5. The Morgan fingerprint density at radius 2 is 2.00 bits per heavy atom. The van der Waals surface area contributed by atoms with E-state index in [1.807, 2.05) is 0 Å². The van der Waals surface area contributed by atoms with E-state index in [-0.39, 0.29) is 18.4 Å². The van der Waals surface area contributed by atoms with E-state index in [1.54, 1.807) is 0 Å². The third-order valence-corrected chi connectivity index (χ3v) is 3.88. The van der Waals surface area contributed by atoms with E-state index in [2.05, 4.69) is 0 Å². The van der Waals surface area contributed by atoms with Gasteiger partial charge in [-0.15, -0.1) is 12.4 Å². The molecule has 80 valence electrons. The van der Waals surface area contributed by atoms with Crippen molar-refractivity contribution in [3.8, 4) is 0 Å². The topological polar surface area (TPSA) is 66.6 Å². The molecule has 1 heterocycles. The predicted molar refractivity (Wildman–Crippen MR) is 54.0 cm³/mol. The molecule has 1 aliphatic rings. The van der Waals surface area contributed by atoms with Gasteiger partial charge in [0.2, 0.25) is 0 Å². The molecule has 0 unspecified atom stereocenters. The van der Waals surface area contributed by atoms with Gasteiger partial charge in [0.05, 0.1) is 0 Å². The van der Waals surface area contributed by atoms with Crippen molar-refractivity contribution < 1.29 is 8.42 Å². The highest BCUT2D eigenvalue weighted by Gasteiger charge is 2.30. The van der Waals surface area contributed by atoms with Crippen LogP contribution in [0.4, 0.5) is 0 Å². The number of rotatable bonds is 2. The van der Waals surface area contributed by atoms with Crippen LogP contribution < -0.4 is 5.73 Å². The summed E-state index contributed by atoms with van der Waals surface area (Å²) in [5, 5.41) is 0. The summed E-state index contributed by atoms with van der Waals surface area (Å²) in [4.78, 5) is 0. The molecular weight excluding hydrogens is 214 g/mol. The van der Waals surface area contributed by atoms with Crippen molar-refractivity contribution >= 4 is 22.6 Å². The summed E-state index contributed by atoms with van der Waals surface area (Å²) in [6, 6.07) is -0.000255. The lowest BCUT2D eigenvalue weighted by molar-refractivity contribution is 0.418. The van der Waals surface area contributed by atoms with Gasteiger partial charge in [-0.2, -0.15) is 17.0 Å². The fourth-order valence-corrected chi connectivity index (χ4v) is 2.37. The molecule has 1 rings (SSSR count). The summed E-state index contributed by atoms with van der Waals surface area (Å²) in [7, 11) is -0.169. The maximum absolute atomic E-state index is 11.5. The standard InChI is InChI=1S/C6H15N3O2S.ClH/c1-8(2)12(10,11)9-4-3-6(7)5-9;/h6H,3-5,7H2,1-2H3;1H/t6-;/m1./s1. The molecule has 0 bridgehead atoms. The smallest absolute Gasteiger partial charge is 0.281 e. The van der Waals surface area contributed by atoms with Gasteiger partial charge < -0.3 is 5.73 Å². The molecule has 2 N–H and O–H groups in total. The van der Waals surface area contributed by atoms with Crippen molar-refractivity contribution in [2.45, 2.75) is 12.5 Å². The summed E-state index contributed by atoms with van der Waals surface area (Å²) in [6.07, 6.45) is 0.757. The Labute approximate surface area is 85.5 Å². The largest absolute Gasteiger partial charge is 0.326 e. The first-order chi connectivity index (χ1) is 5.44. The number of nitrogens with zero attached hydrogens (tertiary/aromatic N) is 2. The van der Waals surface area contributed by atoms with Crippen LogP contribution in [-0.4, -0.2) is 50.3 Å². The molecule has 0 aromatic carbocycles. The molecule has 0 saturated carbocycles. The molecule has 13 heavy (non-hydrogen) atoms. The van der Waals surface area contributed by atoms with Crippen LogP contribution in [0.15, 0.2) is 0 Å². The zero-order valence-corrected chi connectivity index (χ0v) is 9.44. The van der Waals surface area contributed by atoms with Crippen LogP contribution in [-0.2, 0) is 10.2 Å². The number of halogens is 1. The molecule has 5 nitrogen and oxygen atoms in total. The lowest BCUT2D eigenvalue weighted by atomic mass is 10.3. The molecule has 0 aliphatic carbocycles. The molecule has 1 fully saturated rings. The number of hydrogen-bond donors (Lipinski definition) is 1. The highest BCUT2D eigenvalue weighted by molar-refractivity contribution is 7.86. The lowest BCUT2D eigenvalue weighted by Crippen LogP contribution is -2.39. The fraction of sp³-hybridized carbons (Fsp3) is 1.00. The normalized spacial score (nSPS) is 24.8. The van der Waals surface area contributed by atoms with E-state index in [1.165, 1.54) is 22.7 Å². The molecule has 0 amide bonds. The Hall–Kier alpha value is 0.120. The lowest BCUT2D eigenvalue weighted by Gasteiger charge is -2.20. The maximum Gasteiger partial charge on any atom is 0.281 e. The summed E-state index contributed by atoms with van der Waals surface area (Å²) < 4.78 is 25.6. The zero-order valence-electron chi connectivity index (χ0n) is 7.80. The summed E-state index contributed by atoms with van der Waals surface area (Å²) in [6.45, 7) is 0.988. The van der Waals surface area contributed by atoms with Crippen LogP contribution in [0.25, 0.3) is 0 Å². The molecule has 1 saturated heterocycles. The third kappa shape index (κ3) is 2.78. The number of hydrogen-bond acceptors (Lipinski definition) is 3. The second kappa shape index (κ2) is 4.56. The first-order valence-electron chi connectivity index (χ1n) is 3.88. The van der Waals surface area contributed by atoms with E-state index in [0.717, 1.165) is 6.42 Å². The van der Waals surface area contributed by atoms with Gasteiger partial charge >= 0.3 is 0 Å². The molecule has 0 spiro atoms.